The first-order chi connectivity index (χ1) is 10.6. The summed E-state index contributed by atoms with van der Waals surface area (Å²) in [7, 11) is 1.30. The maximum Gasteiger partial charge on any atom is 0.328 e. The standard InChI is InChI=1S/C17H18N2O3/c1-10(17(21)22-2)18-16(20)13-9-15(11-7-8-11)19-14-6-4-3-5-12(13)14/h3-6,9-11H,7-8H2,1-2H3,(H,18,20). The van der Waals surface area contributed by atoms with Gasteiger partial charge in [0.05, 0.1) is 18.2 Å². The maximum absolute atomic E-state index is 12.5. The number of amides is 1. The summed E-state index contributed by atoms with van der Waals surface area (Å²) < 4.78 is 4.64. The molecule has 1 aromatic carbocycles. The molecule has 1 N–H and O–H groups in total. The van der Waals surface area contributed by atoms with Crippen LogP contribution in [0.25, 0.3) is 10.9 Å². The molecular formula is C17H18N2O3. The van der Waals surface area contributed by atoms with Gasteiger partial charge in [0.2, 0.25) is 0 Å². The van der Waals surface area contributed by atoms with Gasteiger partial charge in [0.25, 0.3) is 5.91 Å². The highest BCUT2D eigenvalue weighted by atomic mass is 16.5. The van der Waals surface area contributed by atoms with E-state index in [-0.39, 0.29) is 5.91 Å². The molecule has 5 nitrogen and oxygen atoms in total. The van der Waals surface area contributed by atoms with E-state index in [0.29, 0.717) is 11.5 Å². The molecular weight excluding hydrogens is 280 g/mol. The van der Waals surface area contributed by atoms with Crippen LogP contribution in [0.3, 0.4) is 0 Å². The molecule has 1 aromatic heterocycles. The molecule has 1 unspecified atom stereocenters. The van der Waals surface area contributed by atoms with Crippen molar-refractivity contribution in [2.45, 2.75) is 31.7 Å². The number of hydrogen-bond acceptors (Lipinski definition) is 4. The molecule has 1 aliphatic rings. The van der Waals surface area contributed by atoms with Gasteiger partial charge >= 0.3 is 5.97 Å². The molecule has 0 saturated heterocycles. The van der Waals surface area contributed by atoms with Crippen molar-refractivity contribution < 1.29 is 14.3 Å². The third-order valence-electron chi connectivity index (χ3n) is 3.88. The van der Waals surface area contributed by atoms with Gasteiger partial charge in [-0.25, -0.2) is 4.79 Å². The van der Waals surface area contributed by atoms with Crippen LogP contribution >= 0.6 is 0 Å². The molecule has 3 rings (SSSR count). The summed E-state index contributed by atoms with van der Waals surface area (Å²) in [5, 5.41) is 3.48. The Morgan fingerprint density at radius 3 is 2.73 bits per heavy atom. The number of nitrogens with one attached hydrogen (secondary N) is 1. The van der Waals surface area contributed by atoms with Gasteiger partial charge in [-0.15, -0.1) is 0 Å². The maximum atomic E-state index is 12.5. The molecule has 1 atom stereocenters. The Balaban J connectivity index is 1.97. The number of benzene rings is 1. The minimum absolute atomic E-state index is 0.279. The molecule has 1 aliphatic carbocycles. The molecule has 0 bridgehead atoms. The second-order valence-electron chi connectivity index (χ2n) is 5.60. The van der Waals surface area contributed by atoms with Crippen molar-refractivity contribution in [1.29, 1.82) is 0 Å². The van der Waals surface area contributed by atoms with Crippen molar-refractivity contribution in [2.75, 3.05) is 7.11 Å². The third-order valence-corrected chi connectivity index (χ3v) is 3.88. The molecule has 2 aromatic rings. The fourth-order valence-electron chi connectivity index (χ4n) is 2.48. The van der Waals surface area contributed by atoms with Gasteiger partial charge in [0.15, 0.2) is 0 Å². The first-order valence-electron chi connectivity index (χ1n) is 7.38. The highest BCUT2D eigenvalue weighted by molar-refractivity contribution is 6.07. The predicted octanol–water partition coefficient (Wildman–Crippen LogP) is 2.40. The van der Waals surface area contributed by atoms with Gasteiger partial charge in [0.1, 0.15) is 6.04 Å². The topological polar surface area (TPSA) is 68.3 Å². The Bertz CT molecular complexity index is 738. The first-order valence-corrected chi connectivity index (χ1v) is 7.38. The number of esters is 1. The molecule has 1 amide bonds. The molecule has 1 heterocycles. The van der Waals surface area contributed by atoms with E-state index in [0.717, 1.165) is 29.4 Å². The zero-order valence-electron chi connectivity index (χ0n) is 12.6. The van der Waals surface area contributed by atoms with E-state index in [4.69, 9.17) is 0 Å². The van der Waals surface area contributed by atoms with Gasteiger partial charge in [0, 0.05) is 17.0 Å². The number of hydrogen-bond donors (Lipinski definition) is 1. The molecule has 1 fully saturated rings. The smallest absolute Gasteiger partial charge is 0.328 e. The average Bonchev–Trinajstić information content (AvgIpc) is 3.37. The number of rotatable bonds is 4. The number of carbonyl (C=O) groups excluding carboxylic acids is 2. The van der Waals surface area contributed by atoms with Crippen LogP contribution in [0.1, 0.15) is 41.7 Å². The van der Waals surface area contributed by atoms with E-state index < -0.39 is 12.0 Å². The highest BCUT2D eigenvalue weighted by Crippen LogP contribution is 2.40. The van der Waals surface area contributed by atoms with E-state index in [2.05, 4.69) is 15.0 Å². The monoisotopic (exact) mass is 298 g/mol. The van der Waals surface area contributed by atoms with Gasteiger partial charge < -0.3 is 10.1 Å². The van der Waals surface area contributed by atoms with E-state index in [1.807, 2.05) is 30.3 Å². The van der Waals surface area contributed by atoms with Crippen molar-refractivity contribution in [3.63, 3.8) is 0 Å². The highest BCUT2D eigenvalue weighted by Gasteiger charge is 2.27. The van der Waals surface area contributed by atoms with E-state index in [1.165, 1.54) is 7.11 Å². The largest absolute Gasteiger partial charge is 0.467 e. The summed E-state index contributed by atoms with van der Waals surface area (Å²) in [6, 6.07) is 8.72. The van der Waals surface area contributed by atoms with Crippen LogP contribution in [0.15, 0.2) is 30.3 Å². The third kappa shape index (κ3) is 2.79. The van der Waals surface area contributed by atoms with Crippen molar-refractivity contribution in [1.82, 2.24) is 10.3 Å². The predicted molar refractivity (Wildman–Crippen MR) is 82.7 cm³/mol. The summed E-state index contributed by atoms with van der Waals surface area (Å²) in [6.45, 7) is 1.61. The number of aromatic nitrogens is 1. The van der Waals surface area contributed by atoms with Crippen molar-refractivity contribution in [2.24, 2.45) is 0 Å². The zero-order valence-corrected chi connectivity index (χ0v) is 12.6. The fraction of sp³-hybridized carbons (Fsp3) is 0.353. The number of pyridine rings is 1. The number of methoxy groups -OCH3 is 1. The van der Waals surface area contributed by atoms with Gasteiger partial charge in [-0.05, 0) is 31.9 Å². The summed E-state index contributed by atoms with van der Waals surface area (Å²) >= 11 is 0. The number of nitrogens with zero attached hydrogens (tertiary/aromatic N) is 1. The summed E-state index contributed by atoms with van der Waals surface area (Å²) in [5.74, 6) is -0.290. The Labute approximate surface area is 128 Å². The minimum Gasteiger partial charge on any atom is -0.467 e. The number of fused-ring (bicyclic) bond motifs is 1. The lowest BCUT2D eigenvalue weighted by Gasteiger charge is -2.13. The van der Waals surface area contributed by atoms with Gasteiger partial charge in [-0.2, -0.15) is 0 Å². The molecule has 0 aliphatic heterocycles. The average molecular weight is 298 g/mol. The first kappa shape index (κ1) is 14.5. The number of para-hydroxylation sites is 1. The van der Waals surface area contributed by atoms with E-state index in [1.54, 1.807) is 6.92 Å². The van der Waals surface area contributed by atoms with Crippen LogP contribution in [0.4, 0.5) is 0 Å². The quantitative estimate of drug-likeness (QED) is 0.880. The molecule has 0 spiro atoms. The Morgan fingerprint density at radius 2 is 2.05 bits per heavy atom. The lowest BCUT2D eigenvalue weighted by molar-refractivity contribution is -0.142. The minimum atomic E-state index is -0.686. The lowest BCUT2D eigenvalue weighted by atomic mass is 10.0. The number of carbonyl (C=O) groups is 2. The molecule has 1 saturated carbocycles. The van der Waals surface area contributed by atoms with Crippen LogP contribution in [0, 0.1) is 0 Å². The number of ether oxygens (including phenoxy) is 1. The summed E-state index contributed by atoms with van der Waals surface area (Å²) in [5.41, 5.74) is 2.32. The van der Waals surface area contributed by atoms with Crippen LogP contribution in [0.5, 0.6) is 0 Å². The molecule has 22 heavy (non-hydrogen) atoms. The van der Waals surface area contributed by atoms with Crippen LogP contribution < -0.4 is 5.32 Å². The lowest BCUT2D eigenvalue weighted by Crippen LogP contribution is -2.39. The summed E-state index contributed by atoms with van der Waals surface area (Å²) in [4.78, 5) is 28.7. The second-order valence-corrected chi connectivity index (χ2v) is 5.60. The van der Waals surface area contributed by atoms with Gasteiger partial charge in [-0.3, -0.25) is 9.78 Å². The van der Waals surface area contributed by atoms with Crippen LogP contribution in [-0.4, -0.2) is 30.0 Å². The molecule has 114 valence electrons. The molecule has 5 heteroatoms. The Kier molecular flexibility index (Phi) is 3.79. The van der Waals surface area contributed by atoms with Crippen molar-refractivity contribution in [3.8, 4) is 0 Å². The Hall–Kier alpha value is -2.43. The van der Waals surface area contributed by atoms with Crippen LogP contribution in [0.2, 0.25) is 0 Å². The molecule has 0 radical (unpaired) electrons. The summed E-state index contributed by atoms with van der Waals surface area (Å²) in [6.07, 6.45) is 2.23. The van der Waals surface area contributed by atoms with E-state index in [9.17, 15) is 9.59 Å². The second kappa shape index (κ2) is 5.75. The zero-order chi connectivity index (χ0) is 15.7. The van der Waals surface area contributed by atoms with Crippen molar-refractivity contribution in [3.05, 3.63) is 41.6 Å². The van der Waals surface area contributed by atoms with E-state index >= 15 is 0 Å². The normalized spacial score (nSPS) is 15.4. The SMILES string of the molecule is COC(=O)C(C)NC(=O)c1cc(C2CC2)nc2ccccc12. The van der Waals surface area contributed by atoms with Crippen LogP contribution in [-0.2, 0) is 9.53 Å². The fourth-order valence-corrected chi connectivity index (χ4v) is 2.48. The van der Waals surface area contributed by atoms with Gasteiger partial charge in [-0.1, -0.05) is 18.2 Å². The van der Waals surface area contributed by atoms with Crippen molar-refractivity contribution >= 4 is 22.8 Å². The Morgan fingerprint density at radius 1 is 1.32 bits per heavy atom.